The minimum absolute atomic E-state index is 0.185. The maximum atomic E-state index is 12.8. The molecule has 0 amide bonds. The Labute approximate surface area is 207 Å². The Bertz CT molecular complexity index is 1120. The second kappa shape index (κ2) is 7.75. The van der Waals surface area contributed by atoms with Crippen LogP contribution in [-0.4, -0.2) is 63.1 Å². The smallest absolute Gasteiger partial charge is 0.119 e. The first kappa shape index (κ1) is 21.8. The Morgan fingerprint density at radius 3 is 2.76 bits per heavy atom. The van der Waals surface area contributed by atoms with Crippen LogP contribution in [0.3, 0.4) is 0 Å². The van der Waals surface area contributed by atoms with Crippen molar-refractivity contribution in [2.75, 3.05) is 31.7 Å². The van der Waals surface area contributed by atoms with Gasteiger partial charge in [0.15, 0.2) is 0 Å². The number of nitrogens with zero attached hydrogens (tertiary/aromatic N) is 3. The number of hydrogen-bond donors (Lipinski definition) is 1. The Morgan fingerprint density at radius 1 is 1.18 bits per heavy atom. The number of aliphatic hydroxyl groups is 1. The van der Waals surface area contributed by atoms with Gasteiger partial charge in [0.05, 0.1) is 24.4 Å². The second-order valence-corrected chi connectivity index (χ2v) is 12.8. The number of aromatic nitrogens is 2. The molecule has 1 saturated carbocycles. The third-order valence-corrected chi connectivity index (χ3v) is 10.9. The molecule has 3 aliphatic carbocycles. The van der Waals surface area contributed by atoms with E-state index in [2.05, 4.69) is 46.5 Å². The average molecular weight is 480 g/mol. The molecule has 1 N–H and O–H groups in total. The van der Waals surface area contributed by atoms with Crippen LogP contribution in [0.1, 0.15) is 66.2 Å². The summed E-state index contributed by atoms with van der Waals surface area (Å²) in [6.07, 6.45) is 8.71. The van der Waals surface area contributed by atoms with Crippen molar-refractivity contribution < 1.29 is 9.84 Å². The molecule has 0 unspecified atom stereocenters. The Kier molecular flexibility index (Phi) is 4.96. The number of methoxy groups -OCH3 is 1. The molecule has 2 bridgehead atoms. The second-order valence-electron chi connectivity index (χ2n) is 11.6. The van der Waals surface area contributed by atoms with E-state index in [1.165, 1.54) is 59.6 Å². The number of benzene rings is 1. The number of hydrogen-bond acceptors (Lipinski definition) is 5. The third-order valence-electron chi connectivity index (χ3n) is 9.85. The number of aryl methyl sites for hydroxylation is 1. The van der Waals surface area contributed by atoms with Gasteiger partial charge >= 0.3 is 0 Å². The van der Waals surface area contributed by atoms with Gasteiger partial charge < -0.3 is 9.84 Å². The molecule has 2 saturated heterocycles. The summed E-state index contributed by atoms with van der Waals surface area (Å²) in [5.41, 5.74) is 5.61. The zero-order valence-electron chi connectivity index (χ0n) is 20.6. The first-order valence-electron chi connectivity index (χ1n) is 13.3. The van der Waals surface area contributed by atoms with Crippen LogP contribution in [0.15, 0.2) is 18.2 Å². The van der Waals surface area contributed by atoms with Crippen LogP contribution in [0.2, 0.25) is 0 Å². The molecule has 34 heavy (non-hydrogen) atoms. The van der Waals surface area contributed by atoms with E-state index in [4.69, 9.17) is 9.84 Å². The molecular formula is C28H37N3O2S. The lowest BCUT2D eigenvalue weighted by molar-refractivity contribution is -0.152. The predicted molar refractivity (Wildman–Crippen MR) is 136 cm³/mol. The Balaban J connectivity index is 1.39. The highest BCUT2D eigenvalue weighted by molar-refractivity contribution is 7.99. The average Bonchev–Trinajstić information content (AvgIpc) is 3.62. The molecule has 3 heterocycles. The van der Waals surface area contributed by atoms with Crippen molar-refractivity contribution in [2.45, 2.75) is 81.4 Å². The van der Waals surface area contributed by atoms with Crippen molar-refractivity contribution in [3.63, 3.8) is 0 Å². The zero-order chi connectivity index (χ0) is 23.1. The lowest BCUT2D eigenvalue weighted by Crippen LogP contribution is -2.74. The lowest BCUT2D eigenvalue weighted by atomic mass is 9.49. The highest BCUT2D eigenvalue weighted by atomic mass is 32.2. The van der Waals surface area contributed by atoms with Gasteiger partial charge in [-0.05, 0) is 98.2 Å². The predicted octanol–water partition coefficient (Wildman–Crippen LogP) is 4.08. The van der Waals surface area contributed by atoms with Crippen LogP contribution in [0.5, 0.6) is 5.75 Å². The molecule has 0 spiro atoms. The number of likely N-dealkylation sites (tertiary alicyclic amines) is 1. The third kappa shape index (κ3) is 3.04. The molecule has 5 aliphatic rings. The number of ether oxygens (including phenoxy) is 1. The fourth-order valence-corrected chi connectivity index (χ4v) is 8.90. The zero-order valence-corrected chi connectivity index (χ0v) is 21.4. The van der Waals surface area contributed by atoms with Gasteiger partial charge in [0, 0.05) is 36.5 Å². The summed E-state index contributed by atoms with van der Waals surface area (Å²) < 4.78 is 8.09. The summed E-state index contributed by atoms with van der Waals surface area (Å²) in [7, 11) is 1.76. The SMILES string of the molecule is COc1ccc2c(c1)[C@]13CCN(CC4CC4)[C@H](C2)[C@]1(O)Cc1c(C)nn(C2CCSCC2)c1C3. The molecule has 3 fully saturated rings. The Hall–Kier alpha value is -1.50. The van der Waals surface area contributed by atoms with Crippen molar-refractivity contribution in [1.29, 1.82) is 0 Å². The van der Waals surface area contributed by atoms with Crippen molar-refractivity contribution >= 4 is 11.8 Å². The highest BCUT2D eigenvalue weighted by Gasteiger charge is 2.65. The molecule has 3 atom stereocenters. The van der Waals surface area contributed by atoms with Crippen LogP contribution in [0.25, 0.3) is 0 Å². The van der Waals surface area contributed by atoms with Crippen LogP contribution in [0.4, 0.5) is 0 Å². The summed E-state index contributed by atoms with van der Waals surface area (Å²) in [4.78, 5) is 2.66. The molecular weight excluding hydrogens is 442 g/mol. The van der Waals surface area contributed by atoms with Crippen molar-refractivity contribution in [3.05, 3.63) is 46.3 Å². The van der Waals surface area contributed by atoms with Gasteiger partial charge in [-0.2, -0.15) is 16.9 Å². The van der Waals surface area contributed by atoms with Crippen molar-refractivity contribution in [3.8, 4) is 5.75 Å². The minimum Gasteiger partial charge on any atom is -0.497 e. The summed E-state index contributed by atoms with van der Waals surface area (Å²) in [5.74, 6) is 4.20. The molecule has 2 aliphatic heterocycles. The quantitative estimate of drug-likeness (QED) is 0.716. The van der Waals surface area contributed by atoms with Gasteiger partial charge in [-0.1, -0.05) is 6.07 Å². The molecule has 6 heteroatoms. The van der Waals surface area contributed by atoms with Gasteiger partial charge in [0.25, 0.3) is 0 Å². The van der Waals surface area contributed by atoms with Crippen LogP contribution < -0.4 is 4.74 Å². The van der Waals surface area contributed by atoms with E-state index in [0.29, 0.717) is 6.04 Å². The molecule has 182 valence electrons. The first-order valence-corrected chi connectivity index (χ1v) is 14.5. The fraction of sp³-hybridized carbons (Fsp3) is 0.679. The maximum Gasteiger partial charge on any atom is 0.119 e. The van der Waals surface area contributed by atoms with E-state index in [9.17, 15) is 5.11 Å². The molecule has 7 rings (SSSR count). The number of thioether (sulfide) groups is 1. The largest absolute Gasteiger partial charge is 0.497 e. The lowest BCUT2D eigenvalue weighted by Gasteiger charge is -2.63. The molecule has 5 nitrogen and oxygen atoms in total. The summed E-state index contributed by atoms with van der Waals surface area (Å²) in [6.45, 7) is 4.41. The molecule has 1 aromatic heterocycles. The van der Waals surface area contributed by atoms with Gasteiger partial charge in [0.1, 0.15) is 5.75 Å². The number of rotatable bonds is 4. The van der Waals surface area contributed by atoms with Gasteiger partial charge in [-0.15, -0.1) is 0 Å². The van der Waals surface area contributed by atoms with Gasteiger partial charge in [-0.3, -0.25) is 9.58 Å². The van der Waals surface area contributed by atoms with Crippen molar-refractivity contribution in [1.82, 2.24) is 14.7 Å². The Morgan fingerprint density at radius 2 is 2.00 bits per heavy atom. The fourth-order valence-electron chi connectivity index (χ4n) is 7.82. The number of piperidine rings is 1. The highest BCUT2D eigenvalue weighted by Crippen LogP contribution is 2.58. The van der Waals surface area contributed by atoms with Gasteiger partial charge in [-0.25, -0.2) is 0 Å². The van der Waals surface area contributed by atoms with Gasteiger partial charge in [0.2, 0.25) is 0 Å². The van der Waals surface area contributed by atoms with Crippen LogP contribution in [-0.2, 0) is 24.7 Å². The standard InChI is InChI=1S/C28H37N3O2S/c1-18-23-15-28(32)26-13-20-5-6-22(33-2)14-24(20)27(28,9-10-30(26)17-19-3-4-19)16-25(23)31(29-18)21-7-11-34-12-8-21/h5-6,14,19,21,26,32H,3-4,7-13,15-17H2,1-2H3/t26-,27-,28-/m1/s1. The van der Waals surface area contributed by atoms with E-state index >= 15 is 0 Å². The minimum atomic E-state index is -0.756. The molecule has 1 aromatic carbocycles. The van der Waals surface area contributed by atoms with E-state index < -0.39 is 5.60 Å². The summed E-state index contributed by atoms with van der Waals surface area (Å²) in [5, 5.41) is 18.0. The topological polar surface area (TPSA) is 50.5 Å². The number of fused-ring (bicyclic) bond motifs is 2. The summed E-state index contributed by atoms with van der Waals surface area (Å²) in [6, 6.07) is 7.33. The normalized spacial score (nSPS) is 33.2. The van der Waals surface area contributed by atoms with Crippen LogP contribution in [0, 0.1) is 12.8 Å². The first-order chi connectivity index (χ1) is 16.5. The molecule has 2 aromatic rings. The monoisotopic (exact) mass is 479 g/mol. The maximum absolute atomic E-state index is 12.8. The van der Waals surface area contributed by atoms with E-state index in [-0.39, 0.29) is 11.5 Å². The van der Waals surface area contributed by atoms with E-state index in [0.717, 1.165) is 56.1 Å². The summed E-state index contributed by atoms with van der Waals surface area (Å²) >= 11 is 2.07. The van der Waals surface area contributed by atoms with E-state index in [1.807, 2.05) is 0 Å². The van der Waals surface area contributed by atoms with Crippen LogP contribution >= 0.6 is 11.8 Å². The van der Waals surface area contributed by atoms with Crippen molar-refractivity contribution in [2.24, 2.45) is 5.92 Å². The van der Waals surface area contributed by atoms with E-state index in [1.54, 1.807) is 7.11 Å². The molecule has 0 radical (unpaired) electrons.